The van der Waals surface area contributed by atoms with Crippen LogP contribution in [-0.2, 0) is 10.1 Å². The van der Waals surface area contributed by atoms with Crippen molar-refractivity contribution in [2.75, 3.05) is 12.4 Å². The number of aryl methyl sites for hydroxylation is 1. The van der Waals surface area contributed by atoms with Crippen molar-refractivity contribution in [2.24, 2.45) is 0 Å². The van der Waals surface area contributed by atoms with Crippen LogP contribution in [-0.4, -0.2) is 30.3 Å². The first-order chi connectivity index (χ1) is 8.29. The van der Waals surface area contributed by atoms with Gasteiger partial charge in [0.15, 0.2) is 0 Å². The van der Waals surface area contributed by atoms with Gasteiger partial charge in [-0.1, -0.05) is 0 Å². The van der Waals surface area contributed by atoms with Crippen molar-refractivity contribution in [1.82, 2.24) is 0 Å². The number of ether oxygens (including phenoxy) is 1. The van der Waals surface area contributed by atoms with Gasteiger partial charge < -0.3 is 4.74 Å². The van der Waals surface area contributed by atoms with Crippen molar-refractivity contribution < 1.29 is 22.6 Å². The maximum absolute atomic E-state index is 10.6. The van der Waals surface area contributed by atoms with Crippen molar-refractivity contribution in [3.05, 3.63) is 33.9 Å². The van der Waals surface area contributed by atoms with E-state index in [1.807, 2.05) is 0 Å². The standard InChI is InChI=1S/C10H13NO6S/c1-8-7-9(3-4-10(8)11(12)13)17-5-2-6-18(14,15)16/h3-4,7H,2,5-6H2,1H3,(H,14,15,16). The maximum Gasteiger partial charge on any atom is 0.272 e. The van der Waals surface area contributed by atoms with Crippen molar-refractivity contribution >= 4 is 15.8 Å². The number of nitrogens with zero attached hydrogens (tertiary/aromatic N) is 1. The number of hydrogen-bond donors (Lipinski definition) is 1. The summed E-state index contributed by atoms with van der Waals surface area (Å²) in [6.45, 7) is 1.69. The Labute approximate surface area is 104 Å². The number of hydrogen-bond acceptors (Lipinski definition) is 5. The Morgan fingerprint density at radius 2 is 2.11 bits per heavy atom. The van der Waals surface area contributed by atoms with Crippen LogP contribution in [0.3, 0.4) is 0 Å². The van der Waals surface area contributed by atoms with Gasteiger partial charge in [-0.25, -0.2) is 0 Å². The van der Waals surface area contributed by atoms with Crippen molar-refractivity contribution in [3.8, 4) is 5.75 Å². The molecule has 0 saturated heterocycles. The molecule has 0 heterocycles. The highest BCUT2D eigenvalue weighted by molar-refractivity contribution is 7.85. The molecular weight excluding hydrogens is 262 g/mol. The van der Waals surface area contributed by atoms with Crippen LogP contribution in [0, 0.1) is 17.0 Å². The molecule has 18 heavy (non-hydrogen) atoms. The van der Waals surface area contributed by atoms with E-state index in [9.17, 15) is 18.5 Å². The molecule has 0 aliphatic carbocycles. The summed E-state index contributed by atoms with van der Waals surface area (Å²) in [6.07, 6.45) is 0.148. The molecule has 8 heteroatoms. The Morgan fingerprint density at radius 1 is 1.44 bits per heavy atom. The zero-order valence-corrected chi connectivity index (χ0v) is 10.5. The summed E-state index contributed by atoms with van der Waals surface area (Å²) in [7, 11) is -3.97. The lowest BCUT2D eigenvalue weighted by atomic mass is 10.2. The largest absolute Gasteiger partial charge is 0.494 e. The molecule has 1 aromatic carbocycles. The topological polar surface area (TPSA) is 107 Å². The lowest BCUT2D eigenvalue weighted by molar-refractivity contribution is -0.385. The SMILES string of the molecule is Cc1cc(OCCCS(=O)(=O)O)ccc1[N+](=O)[O-]. The minimum atomic E-state index is -3.97. The molecular formula is C10H13NO6S. The predicted molar refractivity (Wildman–Crippen MR) is 64.4 cm³/mol. The molecule has 0 atom stereocenters. The van der Waals surface area contributed by atoms with E-state index >= 15 is 0 Å². The van der Waals surface area contributed by atoms with Gasteiger partial charge in [-0.15, -0.1) is 0 Å². The highest BCUT2D eigenvalue weighted by atomic mass is 32.2. The lowest BCUT2D eigenvalue weighted by Gasteiger charge is -2.06. The molecule has 0 aromatic heterocycles. The van der Waals surface area contributed by atoms with Gasteiger partial charge in [0.05, 0.1) is 17.3 Å². The van der Waals surface area contributed by atoms with Gasteiger partial charge in [0, 0.05) is 11.6 Å². The molecule has 0 amide bonds. The Bertz CT molecular complexity index is 539. The minimum absolute atomic E-state index is 0.000265. The summed E-state index contributed by atoms with van der Waals surface area (Å²) in [5, 5.41) is 10.6. The van der Waals surface area contributed by atoms with Gasteiger partial charge in [0.1, 0.15) is 5.75 Å². The van der Waals surface area contributed by atoms with Crippen LogP contribution in [0.25, 0.3) is 0 Å². The third-order valence-electron chi connectivity index (χ3n) is 2.18. The quantitative estimate of drug-likeness (QED) is 0.365. The van der Waals surface area contributed by atoms with E-state index in [1.165, 1.54) is 18.2 Å². The molecule has 0 aliphatic rings. The van der Waals surface area contributed by atoms with E-state index in [0.717, 1.165) is 0 Å². The fourth-order valence-electron chi connectivity index (χ4n) is 1.35. The summed E-state index contributed by atoms with van der Waals surface area (Å²) >= 11 is 0. The van der Waals surface area contributed by atoms with E-state index in [2.05, 4.69) is 0 Å². The predicted octanol–water partition coefficient (Wildman–Crippen LogP) is 1.56. The Morgan fingerprint density at radius 3 is 2.61 bits per heavy atom. The van der Waals surface area contributed by atoms with Crippen LogP contribution in [0.5, 0.6) is 5.75 Å². The molecule has 0 radical (unpaired) electrons. The summed E-state index contributed by atoms with van der Waals surface area (Å²) in [4.78, 5) is 10.1. The molecule has 0 aliphatic heterocycles. The summed E-state index contributed by atoms with van der Waals surface area (Å²) < 4.78 is 34.6. The molecule has 0 saturated carbocycles. The zero-order valence-electron chi connectivity index (χ0n) is 9.70. The summed E-state index contributed by atoms with van der Waals surface area (Å²) in [5.41, 5.74) is 0.465. The number of nitro benzene ring substituents is 1. The molecule has 0 spiro atoms. The van der Waals surface area contributed by atoms with Crippen LogP contribution in [0.4, 0.5) is 5.69 Å². The third-order valence-corrected chi connectivity index (χ3v) is 2.98. The second-order valence-electron chi connectivity index (χ2n) is 3.69. The minimum Gasteiger partial charge on any atom is -0.494 e. The van der Waals surface area contributed by atoms with E-state index in [1.54, 1.807) is 6.92 Å². The zero-order chi connectivity index (χ0) is 13.8. The second-order valence-corrected chi connectivity index (χ2v) is 5.27. The highest BCUT2D eigenvalue weighted by Gasteiger charge is 2.10. The second kappa shape index (κ2) is 5.78. The first-order valence-electron chi connectivity index (χ1n) is 5.12. The first-order valence-corrected chi connectivity index (χ1v) is 6.73. The molecule has 1 aromatic rings. The van der Waals surface area contributed by atoms with E-state index in [-0.39, 0.29) is 24.5 Å². The third kappa shape index (κ3) is 4.68. The van der Waals surface area contributed by atoms with Crippen molar-refractivity contribution in [2.45, 2.75) is 13.3 Å². The Kier molecular flexibility index (Phi) is 4.62. The molecule has 1 N–H and O–H groups in total. The van der Waals surface area contributed by atoms with Crippen molar-refractivity contribution in [1.29, 1.82) is 0 Å². The first kappa shape index (κ1) is 14.4. The van der Waals surface area contributed by atoms with Gasteiger partial charge in [-0.2, -0.15) is 8.42 Å². The lowest BCUT2D eigenvalue weighted by Crippen LogP contribution is -2.08. The average Bonchev–Trinajstić information content (AvgIpc) is 2.22. The van der Waals surface area contributed by atoms with E-state index < -0.39 is 15.0 Å². The Balaban J connectivity index is 2.54. The summed E-state index contributed by atoms with van der Waals surface area (Å²) in [6, 6.07) is 4.28. The maximum atomic E-state index is 10.6. The van der Waals surface area contributed by atoms with Gasteiger partial charge in [0.2, 0.25) is 0 Å². The van der Waals surface area contributed by atoms with Crippen LogP contribution >= 0.6 is 0 Å². The van der Waals surface area contributed by atoms with Gasteiger partial charge in [-0.3, -0.25) is 14.7 Å². The average molecular weight is 275 g/mol. The van der Waals surface area contributed by atoms with Crippen LogP contribution in [0.1, 0.15) is 12.0 Å². The number of rotatable bonds is 6. The summed E-state index contributed by atoms with van der Waals surface area (Å²) in [5.74, 6) is 0.0485. The number of nitro groups is 1. The van der Waals surface area contributed by atoms with Crippen LogP contribution < -0.4 is 4.74 Å². The van der Waals surface area contributed by atoms with Gasteiger partial charge >= 0.3 is 0 Å². The van der Waals surface area contributed by atoms with Gasteiger partial charge in [0.25, 0.3) is 15.8 Å². The fraction of sp³-hybridized carbons (Fsp3) is 0.400. The van der Waals surface area contributed by atoms with Crippen LogP contribution in [0.15, 0.2) is 18.2 Å². The van der Waals surface area contributed by atoms with E-state index in [0.29, 0.717) is 11.3 Å². The van der Waals surface area contributed by atoms with Crippen LogP contribution in [0.2, 0.25) is 0 Å². The smallest absolute Gasteiger partial charge is 0.272 e. The van der Waals surface area contributed by atoms with E-state index in [4.69, 9.17) is 9.29 Å². The molecule has 7 nitrogen and oxygen atoms in total. The molecule has 0 bridgehead atoms. The Hall–Kier alpha value is -1.67. The normalized spacial score (nSPS) is 11.2. The van der Waals surface area contributed by atoms with Crippen molar-refractivity contribution in [3.63, 3.8) is 0 Å². The fourth-order valence-corrected chi connectivity index (χ4v) is 1.84. The molecule has 100 valence electrons. The molecule has 0 unspecified atom stereocenters. The monoisotopic (exact) mass is 275 g/mol. The molecule has 1 rings (SSSR count). The highest BCUT2D eigenvalue weighted by Crippen LogP contribution is 2.23. The van der Waals surface area contributed by atoms with Gasteiger partial charge in [-0.05, 0) is 25.5 Å². The molecule has 0 fully saturated rings. The number of benzene rings is 1.